The number of rotatable bonds is 6. The van der Waals surface area contributed by atoms with E-state index in [9.17, 15) is 4.79 Å². The van der Waals surface area contributed by atoms with Gasteiger partial charge < -0.3 is 19.1 Å². The van der Waals surface area contributed by atoms with Gasteiger partial charge in [-0.3, -0.25) is 9.78 Å². The zero-order valence-electron chi connectivity index (χ0n) is 17.0. The quantitative estimate of drug-likeness (QED) is 0.627. The van der Waals surface area contributed by atoms with Gasteiger partial charge in [0.15, 0.2) is 0 Å². The number of hydrogen-bond acceptors (Lipinski definition) is 6. The summed E-state index contributed by atoms with van der Waals surface area (Å²) in [6.45, 7) is 1.58. The van der Waals surface area contributed by atoms with Gasteiger partial charge in [0, 0.05) is 25.4 Å². The molecular formula is C23H23N3O4. The van der Waals surface area contributed by atoms with E-state index in [1.54, 1.807) is 38.7 Å². The van der Waals surface area contributed by atoms with Gasteiger partial charge in [-0.15, -0.1) is 0 Å². The number of aromatic nitrogens is 2. The molecule has 0 bridgehead atoms. The van der Waals surface area contributed by atoms with Crippen LogP contribution in [0.5, 0.6) is 17.4 Å². The molecule has 0 saturated carbocycles. The third-order valence-electron chi connectivity index (χ3n) is 5.09. The van der Waals surface area contributed by atoms with Crippen molar-refractivity contribution in [3.8, 4) is 17.4 Å². The molecule has 0 atom stereocenters. The maximum atomic E-state index is 12.9. The van der Waals surface area contributed by atoms with Gasteiger partial charge in [0.2, 0.25) is 5.88 Å². The van der Waals surface area contributed by atoms with E-state index in [1.165, 1.54) is 5.56 Å². The summed E-state index contributed by atoms with van der Waals surface area (Å²) in [5.74, 6) is 1.92. The van der Waals surface area contributed by atoms with Crippen molar-refractivity contribution < 1.29 is 19.0 Å². The van der Waals surface area contributed by atoms with Gasteiger partial charge in [0.25, 0.3) is 5.91 Å². The number of carbonyl (C=O) groups excluding carboxylic acids is 1. The summed E-state index contributed by atoms with van der Waals surface area (Å²) in [4.78, 5) is 23.1. The second kappa shape index (κ2) is 8.82. The third-order valence-corrected chi connectivity index (χ3v) is 5.09. The van der Waals surface area contributed by atoms with E-state index >= 15 is 0 Å². The lowest BCUT2D eigenvalue weighted by molar-refractivity contribution is 0.0734. The first-order chi connectivity index (χ1) is 14.7. The van der Waals surface area contributed by atoms with Crippen LogP contribution in [0.4, 0.5) is 0 Å². The highest BCUT2D eigenvalue weighted by molar-refractivity contribution is 5.94. The zero-order chi connectivity index (χ0) is 20.9. The van der Waals surface area contributed by atoms with E-state index in [0.717, 1.165) is 23.4 Å². The summed E-state index contributed by atoms with van der Waals surface area (Å²) in [6, 6.07) is 13.2. The molecule has 0 fully saturated rings. The van der Waals surface area contributed by atoms with Crippen molar-refractivity contribution in [3.05, 3.63) is 77.2 Å². The number of nitrogens with zero attached hydrogens (tertiary/aromatic N) is 3. The van der Waals surface area contributed by atoms with Gasteiger partial charge in [0.1, 0.15) is 18.1 Å². The van der Waals surface area contributed by atoms with Crippen molar-refractivity contribution in [2.45, 2.75) is 19.6 Å². The Hall–Kier alpha value is -3.61. The van der Waals surface area contributed by atoms with Crippen molar-refractivity contribution in [1.29, 1.82) is 0 Å². The number of fused-ring (bicyclic) bond motifs is 1. The molecule has 0 aliphatic carbocycles. The minimum Gasteiger partial charge on any atom is -0.495 e. The fourth-order valence-electron chi connectivity index (χ4n) is 3.38. The van der Waals surface area contributed by atoms with Gasteiger partial charge in [-0.1, -0.05) is 6.07 Å². The van der Waals surface area contributed by atoms with Crippen LogP contribution in [0.25, 0.3) is 0 Å². The van der Waals surface area contributed by atoms with Gasteiger partial charge in [-0.05, 0) is 47.9 Å². The highest BCUT2D eigenvalue weighted by Crippen LogP contribution is 2.25. The Morgan fingerprint density at radius 2 is 1.83 bits per heavy atom. The Bertz CT molecular complexity index is 1020. The van der Waals surface area contributed by atoms with Gasteiger partial charge in [0.05, 0.1) is 31.7 Å². The summed E-state index contributed by atoms with van der Waals surface area (Å²) in [6.07, 6.45) is 4.03. The Morgan fingerprint density at radius 3 is 2.53 bits per heavy atom. The van der Waals surface area contributed by atoms with E-state index in [1.807, 2.05) is 29.2 Å². The van der Waals surface area contributed by atoms with Gasteiger partial charge in [-0.2, -0.15) is 0 Å². The Morgan fingerprint density at radius 1 is 0.967 bits per heavy atom. The Balaban J connectivity index is 1.42. The first-order valence-corrected chi connectivity index (χ1v) is 9.69. The van der Waals surface area contributed by atoms with E-state index in [4.69, 9.17) is 14.2 Å². The number of ether oxygens (including phenoxy) is 3. The molecule has 2 aromatic heterocycles. The predicted molar refractivity (Wildman–Crippen MR) is 111 cm³/mol. The van der Waals surface area contributed by atoms with E-state index in [2.05, 4.69) is 16.0 Å². The van der Waals surface area contributed by atoms with Crippen LogP contribution >= 0.6 is 0 Å². The monoisotopic (exact) mass is 405 g/mol. The maximum Gasteiger partial charge on any atom is 0.255 e. The Kier molecular flexibility index (Phi) is 5.79. The molecule has 1 amide bonds. The van der Waals surface area contributed by atoms with Crippen molar-refractivity contribution in [3.63, 3.8) is 0 Å². The minimum absolute atomic E-state index is 0.0374. The van der Waals surface area contributed by atoms with E-state index in [0.29, 0.717) is 36.9 Å². The van der Waals surface area contributed by atoms with Crippen LogP contribution in [-0.2, 0) is 19.6 Å². The van der Waals surface area contributed by atoms with Crippen LogP contribution in [0.1, 0.15) is 27.2 Å². The maximum absolute atomic E-state index is 12.9. The molecule has 1 aromatic carbocycles. The SMILES string of the molecule is COc1ccc(COc2ccc3c(c2)CN(C(=O)c2ccc(OC)nc2)CC3)nc1. The van der Waals surface area contributed by atoms with Crippen LogP contribution in [0.3, 0.4) is 0 Å². The zero-order valence-corrected chi connectivity index (χ0v) is 17.0. The number of carbonyl (C=O) groups is 1. The van der Waals surface area contributed by atoms with Crippen LogP contribution in [-0.4, -0.2) is 41.5 Å². The first-order valence-electron chi connectivity index (χ1n) is 9.69. The molecule has 7 nitrogen and oxygen atoms in total. The molecule has 1 aliphatic rings. The average molecular weight is 405 g/mol. The highest BCUT2D eigenvalue weighted by atomic mass is 16.5. The lowest BCUT2D eigenvalue weighted by atomic mass is 9.99. The summed E-state index contributed by atoms with van der Waals surface area (Å²) >= 11 is 0. The molecule has 0 saturated heterocycles. The molecule has 30 heavy (non-hydrogen) atoms. The van der Waals surface area contributed by atoms with Crippen molar-refractivity contribution >= 4 is 5.91 Å². The summed E-state index contributed by atoms with van der Waals surface area (Å²) in [5, 5.41) is 0. The van der Waals surface area contributed by atoms with Crippen molar-refractivity contribution in [1.82, 2.24) is 14.9 Å². The molecule has 0 spiro atoms. The molecule has 1 aliphatic heterocycles. The smallest absolute Gasteiger partial charge is 0.255 e. The van der Waals surface area contributed by atoms with E-state index in [-0.39, 0.29) is 5.91 Å². The molecule has 3 aromatic rings. The van der Waals surface area contributed by atoms with Crippen LogP contribution in [0.2, 0.25) is 0 Å². The van der Waals surface area contributed by atoms with Gasteiger partial charge in [-0.25, -0.2) is 4.98 Å². The Labute approximate surface area is 175 Å². The molecule has 4 rings (SSSR count). The summed E-state index contributed by atoms with van der Waals surface area (Å²) < 4.78 is 16.1. The molecular weight excluding hydrogens is 382 g/mol. The fraction of sp³-hybridized carbons (Fsp3) is 0.261. The largest absolute Gasteiger partial charge is 0.495 e. The second-order valence-electron chi connectivity index (χ2n) is 6.97. The standard InChI is InChI=1S/C23H23N3O4/c1-28-21-7-5-19(24-13-21)15-30-20-6-3-16-9-10-26(14-18(16)11-20)23(27)17-4-8-22(29-2)25-12-17/h3-8,11-13H,9-10,14-15H2,1-2H3. The van der Waals surface area contributed by atoms with Crippen molar-refractivity contribution in [2.75, 3.05) is 20.8 Å². The molecule has 3 heterocycles. The molecule has 0 unspecified atom stereocenters. The predicted octanol–water partition coefficient (Wildman–Crippen LogP) is 3.27. The minimum atomic E-state index is -0.0374. The number of hydrogen-bond donors (Lipinski definition) is 0. The topological polar surface area (TPSA) is 73.8 Å². The van der Waals surface area contributed by atoms with Crippen molar-refractivity contribution in [2.24, 2.45) is 0 Å². The third kappa shape index (κ3) is 4.35. The second-order valence-corrected chi connectivity index (χ2v) is 6.97. The highest BCUT2D eigenvalue weighted by Gasteiger charge is 2.22. The molecule has 0 N–H and O–H groups in total. The van der Waals surface area contributed by atoms with E-state index < -0.39 is 0 Å². The first kappa shape index (κ1) is 19.7. The number of methoxy groups -OCH3 is 2. The number of amides is 1. The number of benzene rings is 1. The lowest BCUT2D eigenvalue weighted by Gasteiger charge is -2.29. The van der Waals surface area contributed by atoms with Gasteiger partial charge >= 0.3 is 0 Å². The average Bonchev–Trinajstić information content (AvgIpc) is 2.82. The number of pyridine rings is 2. The lowest BCUT2D eigenvalue weighted by Crippen LogP contribution is -2.36. The fourth-order valence-corrected chi connectivity index (χ4v) is 3.38. The van der Waals surface area contributed by atoms with Crippen LogP contribution in [0.15, 0.2) is 54.9 Å². The normalized spacial score (nSPS) is 12.8. The summed E-state index contributed by atoms with van der Waals surface area (Å²) in [5.41, 5.74) is 3.70. The molecule has 154 valence electrons. The molecule has 7 heteroatoms. The summed E-state index contributed by atoms with van der Waals surface area (Å²) in [7, 11) is 3.16. The molecule has 0 radical (unpaired) electrons. The van der Waals surface area contributed by atoms with Crippen LogP contribution in [0, 0.1) is 0 Å². The van der Waals surface area contributed by atoms with Crippen LogP contribution < -0.4 is 14.2 Å².